The molecule has 2 aliphatic heterocycles. The minimum absolute atomic E-state index is 0.0177. The number of nitrogens with two attached hydrogens (primary N) is 1. The Bertz CT molecular complexity index is 1420. The van der Waals surface area contributed by atoms with Crippen molar-refractivity contribution >= 4 is 45.0 Å². The van der Waals surface area contributed by atoms with Crippen LogP contribution in [0.5, 0.6) is 5.88 Å². The lowest BCUT2D eigenvalue weighted by molar-refractivity contribution is -0.146. The molecule has 3 amide bonds. The fraction of sp³-hybridized carbons (Fsp3) is 0.483. The van der Waals surface area contributed by atoms with Gasteiger partial charge >= 0.3 is 11.8 Å². The van der Waals surface area contributed by atoms with E-state index in [0.717, 1.165) is 61.1 Å². The molecular formula is C29H36N6O4S. The van der Waals surface area contributed by atoms with Crippen LogP contribution in [0.2, 0.25) is 0 Å². The number of hydrogen-bond acceptors (Lipinski definition) is 8. The van der Waals surface area contributed by atoms with Gasteiger partial charge in [0.05, 0.1) is 40.3 Å². The van der Waals surface area contributed by atoms with Crippen molar-refractivity contribution in [2.24, 2.45) is 11.7 Å². The number of methoxy groups -OCH3 is 1. The highest BCUT2D eigenvalue weighted by molar-refractivity contribution is 7.18. The standard InChI is InChI=1S/C29H36N6O4S/c1-4-34-11-9-18(10-12-34)28-33-22-13-19(6-8-24(22)40-28)23-7-5-17(2)16-35(23)29(38)26(37)32-20-14-21(25(30)36)27(39-3)31-15-20/h6,8,13-15,17-18,23H,4-5,7,9-12,16H2,1-3H3,(H2,30,36)(H,32,37)/t17-,23+/m0/s1. The summed E-state index contributed by atoms with van der Waals surface area (Å²) in [5.41, 5.74) is 7.55. The molecule has 5 rings (SSSR count). The van der Waals surface area contributed by atoms with Crippen molar-refractivity contribution in [1.82, 2.24) is 19.8 Å². The van der Waals surface area contributed by atoms with Crippen molar-refractivity contribution in [3.8, 4) is 5.88 Å². The number of carbonyl (C=O) groups is 3. The third-order valence-electron chi connectivity index (χ3n) is 8.04. The van der Waals surface area contributed by atoms with E-state index in [2.05, 4.69) is 47.2 Å². The van der Waals surface area contributed by atoms with Crippen LogP contribution in [0.3, 0.4) is 0 Å². The molecule has 3 N–H and O–H groups in total. The van der Waals surface area contributed by atoms with Crippen LogP contribution in [0, 0.1) is 5.92 Å². The number of piperidine rings is 2. The maximum Gasteiger partial charge on any atom is 0.313 e. The highest BCUT2D eigenvalue weighted by atomic mass is 32.1. The number of ether oxygens (including phenoxy) is 1. The van der Waals surface area contributed by atoms with Crippen LogP contribution in [0.15, 0.2) is 30.5 Å². The minimum atomic E-state index is -0.795. The molecule has 0 radical (unpaired) electrons. The predicted octanol–water partition coefficient (Wildman–Crippen LogP) is 3.94. The first-order chi connectivity index (χ1) is 19.3. The van der Waals surface area contributed by atoms with E-state index in [9.17, 15) is 14.4 Å². The number of amides is 3. The van der Waals surface area contributed by atoms with Gasteiger partial charge in [0.1, 0.15) is 5.56 Å². The average Bonchev–Trinajstić information content (AvgIpc) is 3.40. The largest absolute Gasteiger partial charge is 0.480 e. The number of nitrogens with one attached hydrogen (secondary N) is 1. The molecule has 11 heteroatoms. The van der Waals surface area contributed by atoms with E-state index < -0.39 is 17.7 Å². The molecule has 2 fully saturated rings. The number of pyridine rings is 1. The lowest BCUT2D eigenvalue weighted by Gasteiger charge is -2.38. The molecule has 0 bridgehead atoms. The monoisotopic (exact) mass is 564 g/mol. The third kappa shape index (κ3) is 5.80. The van der Waals surface area contributed by atoms with E-state index in [4.69, 9.17) is 15.5 Å². The van der Waals surface area contributed by atoms with Crippen LogP contribution in [-0.4, -0.2) is 70.8 Å². The van der Waals surface area contributed by atoms with E-state index >= 15 is 0 Å². The molecule has 3 aromatic rings. The Morgan fingerprint density at radius 3 is 2.62 bits per heavy atom. The second-order valence-electron chi connectivity index (χ2n) is 10.7. The zero-order valence-corrected chi connectivity index (χ0v) is 24.0. The maximum atomic E-state index is 13.5. The summed E-state index contributed by atoms with van der Waals surface area (Å²) < 4.78 is 6.20. The zero-order chi connectivity index (χ0) is 28.4. The summed E-state index contributed by atoms with van der Waals surface area (Å²) in [6.45, 7) is 8.07. The summed E-state index contributed by atoms with van der Waals surface area (Å²) in [6.07, 6.45) is 5.30. The van der Waals surface area contributed by atoms with Crippen molar-refractivity contribution in [2.45, 2.75) is 51.5 Å². The molecule has 10 nitrogen and oxygen atoms in total. The molecule has 40 heavy (non-hydrogen) atoms. The van der Waals surface area contributed by atoms with Crippen molar-refractivity contribution in [1.29, 1.82) is 0 Å². The Morgan fingerprint density at radius 1 is 1.15 bits per heavy atom. The molecule has 0 saturated carbocycles. The van der Waals surface area contributed by atoms with Crippen molar-refractivity contribution < 1.29 is 19.1 Å². The van der Waals surface area contributed by atoms with Gasteiger partial charge in [0.25, 0.3) is 5.91 Å². The number of carbonyl (C=O) groups excluding carboxylic acids is 3. The van der Waals surface area contributed by atoms with Crippen molar-refractivity contribution in [2.75, 3.05) is 38.6 Å². The number of primary amides is 1. The van der Waals surface area contributed by atoms with Gasteiger partial charge in [-0.3, -0.25) is 14.4 Å². The number of nitrogens with zero attached hydrogens (tertiary/aromatic N) is 4. The van der Waals surface area contributed by atoms with E-state index in [1.54, 1.807) is 16.2 Å². The van der Waals surface area contributed by atoms with Gasteiger partial charge in [-0.15, -0.1) is 11.3 Å². The topological polar surface area (TPSA) is 131 Å². The highest BCUT2D eigenvalue weighted by Crippen LogP contribution is 2.38. The molecule has 4 heterocycles. The van der Waals surface area contributed by atoms with E-state index in [0.29, 0.717) is 12.5 Å². The predicted molar refractivity (Wildman–Crippen MR) is 154 cm³/mol. The van der Waals surface area contributed by atoms with Gasteiger partial charge in [-0.1, -0.05) is 19.9 Å². The van der Waals surface area contributed by atoms with Gasteiger partial charge in [0.15, 0.2) is 0 Å². The van der Waals surface area contributed by atoms with E-state index in [1.165, 1.54) is 24.4 Å². The average molecular weight is 565 g/mol. The molecule has 0 aliphatic carbocycles. The lowest BCUT2D eigenvalue weighted by atomic mass is 9.89. The SMILES string of the molecule is CCN1CCC(c2nc3cc([C@H]4CC[C@H](C)CN4C(=O)C(=O)Nc4cnc(OC)c(C(N)=O)c4)ccc3s2)CC1. The number of benzene rings is 1. The maximum absolute atomic E-state index is 13.5. The third-order valence-corrected chi connectivity index (χ3v) is 9.24. The molecular weight excluding hydrogens is 528 g/mol. The van der Waals surface area contributed by atoms with Crippen molar-refractivity contribution in [3.05, 3.63) is 46.6 Å². The number of likely N-dealkylation sites (tertiary alicyclic amines) is 2. The van der Waals surface area contributed by atoms with Crippen LogP contribution in [0.4, 0.5) is 5.69 Å². The second-order valence-corrected chi connectivity index (χ2v) is 11.8. The summed E-state index contributed by atoms with van der Waals surface area (Å²) in [4.78, 5) is 51.5. The Morgan fingerprint density at radius 2 is 1.93 bits per heavy atom. The summed E-state index contributed by atoms with van der Waals surface area (Å²) in [5.74, 6) is -1.37. The van der Waals surface area contributed by atoms with E-state index in [-0.39, 0.29) is 29.1 Å². The van der Waals surface area contributed by atoms with Gasteiger partial charge < -0.3 is 25.6 Å². The smallest absolute Gasteiger partial charge is 0.313 e. The lowest BCUT2D eigenvalue weighted by Crippen LogP contribution is -2.46. The molecule has 2 saturated heterocycles. The van der Waals surface area contributed by atoms with Gasteiger partial charge in [0.2, 0.25) is 5.88 Å². The zero-order valence-electron chi connectivity index (χ0n) is 23.2. The molecule has 0 unspecified atom stereocenters. The summed E-state index contributed by atoms with van der Waals surface area (Å²) >= 11 is 1.77. The van der Waals surface area contributed by atoms with Crippen LogP contribution >= 0.6 is 11.3 Å². The van der Waals surface area contributed by atoms with Gasteiger partial charge in [0, 0.05) is 12.5 Å². The Balaban J connectivity index is 1.34. The number of aromatic nitrogens is 2. The van der Waals surface area contributed by atoms with Gasteiger partial charge in [-0.2, -0.15) is 0 Å². The van der Waals surface area contributed by atoms with Crippen LogP contribution in [0.1, 0.15) is 72.4 Å². The highest BCUT2D eigenvalue weighted by Gasteiger charge is 2.35. The Kier molecular flexibility index (Phi) is 8.32. The molecule has 212 valence electrons. The number of thiazole rings is 1. The van der Waals surface area contributed by atoms with Crippen LogP contribution in [0.25, 0.3) is 10.2 Å². The molecule has 2 aromatic heterocycles. The Labute approximate surface area is 237 Å². The summed E-state index contributed by atoms with van der Waals surface area (Å²) in [6, 6.07) is 7.38. The Hall–Kier alpha value is -3.57. The summed E-state index contributed by atoms with van der Waals surface area (Å²) in [7, 11) is 1.37. The minimum Gasteiger partial charge on any atom is -0.480 e. The number of fused-ring (bicyclic) bond motifs is 1. The number of anilines is 1. The van der Waals surface area contributed by atoms with Gasteiger partial charge in [-0.05, 0) is 75.0 Å². The van der Waals surface area contributed by atoms with Crippen molar-refractivity contribution in [3.63, 3.8) is 0 Å². The first-order valence-electron chi connectivity index (χ1n) is 13.9. The number of rotatable bonds is 6. The molecule has 2 atom stereocenters. The summed E-state index contributed by atoms with van der Waals surface area (Å²) in [5, 5.41) is 3.77. The normalized spacial score (nSPS) is 20.4. The number of hydrogen-bond donors (Lipinski definition) is 2. The molecule has 1 aromatic carbocycles. The quantitative estimate of drug-likeness (QED) is 0.434. The van der Waals surface area contributed by atoms with Crippen LogP contribution < -0.4 is 15.8 Å². The fourth-order valence-corrected chi connectivity index (χ4v) is 6.86. The first kappa shape index (κ1) is 28.0. The van der Waals surface area contributed by atoms with E-state index in [1.807, 2.05) is 0 Å². The first-order valence-corrected chi connectivity index (χ1v) is 14.7. The molecule has 2 aliphatic rings. The van der Waals surface area contributed by atoms with Gasteiger partial charge in [-0.25, -0.2) is 9.97 Å². The fourth-order valence-electron chi connectivity index (χ4n) is 5.74. The second kappa shape index (κ2) is 11.9. The van der Waals surface area contributed by atoms with Crippen LogP contribution in [-0.2, 0) is 9.59 Å². The molecule has 0 spiro atoms.